The smallest absolute Gasteiger partial charge is 0.261 e. The van der Waals surface area contributed by atoms with Gasteiger partial charge in [-0.05, 0) is 61.1 Å². The van der Waals surface area contributed by atoms with Gasteiger partial charge in [0.05, 0.1) is 7.11 Å². The zero-order valence-corrected chi connectivity index (χ0v) is 20.8. The average molecular weight is 455 g/mol. The molecular formula is C27H38N2O4. The van der Waals surface area contributed by atoms with Crippen LogP contribution in [-0.2, 0) is 16.1 Å². The average Bonchev–Trinajstić information content (AvgIpc) is 2.82. The summed E-state index contributed by atoms with van der Waals surface area (Å²) in [4.78, 5) is 27.9. The first-order valence-electron chi connectivity index (χ1n) is 11.7. The Kier molecular flexibility index (Phi) is 10.2. The second-order valence-electron chi connectivity index (χ2n) is 8.63. The van der Waals surface area contributed by atoms with Crippen molar-refractivity contribution < 1.29 is 19.1 Å². The molecule has 0 aromatic heterocycles. The number of carbonyl (C=O) groups is 2. The van der Waals surface area contributed by atoms with Gasteiger partial charge in [0, 0.05) is 12.6 Å². The van der Waals surface area contributed by atoms with E-state index in [1.807, 2.05) is 69.3 Å². The number of nitrogens with one attached hydrogen (secondary N) is 1. The lowest BCUT2D eigenvalue weighted by Gasteiger charge is -2.31. The second kappa shape index (κ2) is 12.9. The highest BCUT2D eigenvalue weighted by atomic mass is 16.5. The van der Waals surface area contributed by atoms with Crippen molar-refractivity contribution in [3.8, 4) is 11.5 Å². The Hall–Kier alpha value is -3.02. The fourth-order valence-corrected chi connectivity index (χ4v) is 3.51. The van der Waals surface area contributed by atoms with E-state index in [0.29, 0.717) is 23.8 Å². The van der Waals surface area contributed by atoms with Crippen LogP contribution in [0.5, 0.6) is 11.5 Å². The third kappa shape index (κ3) is 7.81. The van der Waals surface area contributed by atoms with Crippen LogP contribution >= 0.6 is 0 Å². The lowest BCUT2D eigenvalue weighted by Crippen LogP contribution is -2.51. The van der Waals surface area contributed by atoms with Crippen LogP contribution in [0.25, 0.3) is 0 Å². The van der Waals surface area contributed by atoms with E-state index in [-0.39, 0.29) is 31.0 Å². The lowest BCUT2D eigenvalue weighted by atomic mass is 10.0. The van der Waals surface area contributed by atoms with Gasteiger partial charge in [0.2, 0.25) is 5.91 Å². The molecule has 1 N–H and O–H groups in total. The Balaban J connectivity index is 2.21. The summed E-state index contributed by atoms with van der Waals surface area (Å²) >= 11 is 0. The molecule has 2 aromatic carbocycles. The number of rotatable bonds is 12. The first-order valence-corrected chi connectivity index (χ1v) is 11.7. The van der Waals surface area contributed by atoms with E-state index in [0.717, 1.165) is 12.0 Å². The number of amides is 2. The fraction of sp³-hybridized carbons (Fsp3) is 0.481. The van der Waals surface area contributed by atoms with E-state index in [4.69, 9.17) is 9.47 Å². The van der Waals surface area contributed by atoms with Crippen molar-refractivity contribution in [1.29, 1.82) is 0 Å². The van der Waals surface area contributed by atoms with Crippen molar-refractivity contribution in [2.45, 2.75) is 72.0 Å². The van der Waals surface area contributed by atoms with Crippen LogP contribution < -0.4 is 14.8 Å². The number of benzene rings is 2. The van der Waals surface area contributed by atoms with Crippen molar-refractivity contribution in [1.82, 2.24) is 10.2 Å². The lowest BCUT2D eigenvalue weighted by molar-refractivity contribution is -0.143. The van der Waals surface area contributed by atoms with E-state index in [9.17, 15) is 9.59 Å². The molecule has 0 radical (unpaired) electrons. The molecule has 0 aliphatic heterocycles. The maximum Gasteiger partial charge on any atom is 0.261 e. The monoisotopic (exact) mass is 454 g/mol. The summed E-state index contributed by atoms with van der Waals surface area (Å²) < 4.78 is 11.1. The molecule has 2 aromatic rings. The van der Waals surface area contributed by atoms with Gasteiger partial charge >= 0.3 is 0 Å². The third-order valence-electron chi connectivity index (χ3n) is 5.78. The van der Waals surface area contributed by atoms with Crippen LogP contribution in [0.3, 0.4) is 0 Å². The molecule has 2 amide bonds. The normalized spacial score (nSPS) is 12.7. The maximum atomic E-state index is 13.3. The van der Waals surface area contributed by atoms with Crippen molar-refractivity contribution >= 4 is 11.8 Å². The van der Waals surface area contributed by atoms with Crippen LogP contribution in [0.2, 0.25) is 0 Å². The number of hydrogen-bond acceptors (Lipinski definition) is 4. The summed E-state index contributed by atoms with van der Waals surface area (Å²) in [5, 5.41) is 3.02. The highest BCUT2D eigenvalue weighted by Gasteiger charge is 2.29. The highest BCUT2D eigenvalue weighted by molar-refractivity contribution is 5.88. The zero-order valence-electron chi connectivity index (χ0n) is 20.8. The maximum absolute atomic E-state index is 13.3. The fourth-order valence-electron chi connectivity index (χ4n) is 3.51. The van der Waals surface area contributed by atoms with Gasteiger partial charge in [-0.25, -0.2) is 0 Å². The van der Waals surface area contributed by atoms with Crippen LogP contribution in [0, 0.1) is 0 Å². The molecule has 2 rings (SSSR count). The highest BCUT2D eigenvalue weighted by Crippen LogP contribution is 2.20. The van der Waals surface area contributed by atoms with Gasteiger partial charge < -0.3 is 19.7 Å². The topological polar surface area (TPSA) is 67.9 Å². The van der Waals surface area contributed by atoms with Crippen LogP contribution in [0.1, 0.15) is 64.5 Å². The second-order valence-corrected chi connectivity index (χ2v) is 8.63. The first-order chi connectivity index (χ1) is 15.8. The largest absolute Gasteiger partial charge is 0.497 e. The van der Waals surface area contributed by atoms with Gasteiger partial charge in [-0.2, -0.15) is 0 Å². The number of ether oxygens (including phenoxy) is 2. The van der Waals surface area contributed by atoms with E-state index in [1.54, 1.807) is 12.0 Å². The minimum atomic E-state index is -0.593. The molecule has 0 saturated heterocycles. The van der Waals surface area contributed by atoms with Crippen LogP contribution in [-0.4, -0.2) is 42.5 Å². The Morgan fingerprint density at radius 2 is 1.67 bits per heavy atom. The predicted molar refractivity (Wildman–Crippen MR) is 132 cm³/mol. The summed E-state index contributed by atoms with van der Waals surface area (Å²) in [5.74, 6) is 1.37. The Labute approximate surface area is 198 Å². The van der Waals surface area contributed by atoms with Crippen LogP contribution in [0.15, 0.2) is 48.5 Å². The summed E-state index contributed by atoms with van der Waals surface area (Å²) in [7, 11) is 1.61. The van der Waals surface area contributed by atoms with Gasteiger partial charge in [0.15, 0.2) is 6.61 Å². The van der Waals surface area contributed by atoms with Gasteiger partial charge in [0.25, 0.3) is 5.91 Å². The van der Waals surface area contributed by atoms with E-state index < -0.39 is 6.04 Å². The zero-order chi connectivity index (χ0) is 24.4. The van der Waals surface area contributed by atoms with E-state index in [2.05, 4.69) is 19.2 Å². The molecule has 0 saturated carbocycles. The standard InChI is InChI=1S/C27H38N2O4/c1-7-20(5)28-27(31)25(8-2)29(17-21-10-9-11-24(16-21)32-6)26(30)18-33-23-14-12-22(13-15-23)19(3)4/h9-16,19-20,25H,7-8,17-18H2,1-6H3,(H,28,31)/t20-,25-/m1/s1. The Morgan fingerprint density at radius 1 is 0.970 bits per heavy atom. The number of carbonyl (C=O) groups excluding carboxylic acids is 2. The van der Waals surface area contributed by atoms with E-state index in [1.165, 1.54) is 5.56 Å². The minimum Gasteiger partial charge on any atom is -0.497 e. The van der Waals surface area contributed by atoms with Gasteiger partial charge in [0.1, 0.15) is 17.5 Å². The van der Waals surface area contributed by atoms with Crippen LogP contribution in [0.4, 0.5) is 0 Å². The molecule has 0 spiro atoms. The van der Waals surface area contributed by atoms with Crippen molar-refractivity contribution in [3.05, 3.63) is 59.7 Å². The molecular weight excluding hydrogens is 416 g/mol. The summed E-state index contributed by atoms with van der Waals surface area (Å²) in [6.45, 7) is 10.3. The van der Waals surface area contributed by atoms with Crippen molar-refractivity contribution in [2.24, 2.45) is 0 Å². The first kappa shape index (κ1) is 26.2. The Bertz CT molecular complexity index is 895. The molecule has 0 fully saturated rings. The van der Waals surface area contributed by atoms with Crippen molar-refractivity contribution in [3.63, 3.8) is 0 Å². The number of methoxy groups -OCH3 is 1. The molecule has 0 aliphatic rings. The van der Waals surface area contributed by atoms with Gasteiger partial charge in [-0.3, -0.25) is 9.59 Å². The number of hydrogen-bond donors (Lipinski definition) is 1. The Morgan fingerprint density at radius 3 is 2.24 bits per heavy atom. The van der Waals surface area contributed by atoms with Gasteiger partial charge in [-0.15, -0.1) is 0 Å². The van der Waals surface area contributed by atoms with Gasteiger partial charge in [-0.1, -0.05) is 52.0 Å². The molecule has 33 heavy (non-hydrogen) atoms. The van der Waals surface area contributed by atoms with E-state index >= 15 is 0 Å². The summed E-state index contributed by atoms with van der Waals surface area (Å²) in [6.07, 6.45) is 1.32. The minimum absolute atomic E-state index is 0.0380. The SMILES string of the molecule is CC[C@@H](C)NC(=O)[C@@H](CC)N(Cc1cccc(OC)c1)C(=O)COc1ccc(C(C)C)cc1. The number of nitrogens with zero attached hydrogens (tertiary/aromatic N) is 1. The predicted octanol–water partition coefficient (Wildman–Crippen LogP) is 4.92. The summed E-state index contributed by atoms with van der Waals surface area (Å²) in [6, 6.07) is 14.7. The summed E-state index contributed by atoms with van der Waals surface area (Å²) in [5.41, 5.74) is 2.10. The molecule has 6 heteroatoms. The molecule has 0 unspecified atom stereocenters. The molecule has 2 atom stereocenters. The molecule has 0 aliphatic carbocycles. The molecule has 0 heterocycles. The quantitative estimate of drug-likeness (QED) is 0.494. The van der Waals surface area contributed by atoms with Crippen molar-refractivity contribution in [2.75, 3.05) is 13.7 Å². The third-order valence-corrected chi connectivity index (χ3v) is 5.78. The molecule has 6 nitrogen and oxygen atoms in total. The molecule has 180 valence electrons. The molecule has 0 bridgehead atoms.